The first-order valence-electron chi connectivity index (χ1n) is 8.22. The highest BCUT2D eigenvalue weighted by Crippen LogP contribution is 2.30. The summed E-state index contributed by atoms with van der Waals surface area (Å²) in [5.74, 6) is -3.99. The van der Waals surface area contributed by atoms with Crippen molar-refractivity contribution in [3.05, 3.63) is 59.1 Å². The third kappa shape index (κ3) is 4.09. The summed E-state index contributed by atoms with van der Waals surface area (Å²) in [7, 11) is 0. The normalized spacial score (nSPS) is 14.4. The second-order valence-corrected chi connectivity index (χ2v) is 6.29. The van der Waals surface area contributed by atoms with E-state index in [1.54, 1.807) is 4.90 Å². The van der Waals surface area contributed by atoms with Crippen LogP contribution in [-0.2, 0) is 25.7 Å². The lowest BCUT2D eigenvalue weighted by Crippen LogP contribution is -2.34. The van der Waals surface area contributed by atoms with E-state index in [0.29, 0.717) is 31.1 Å². The third-order valence-electron chi connectivity index (χ3n) is 4.45. The molecule has 0 radical (unpaired) electrons. The maximum atomic E-state index is 13.6. The van der Waals surface area contributed by atoms with Crippen LogP contribution in [0, 0.1) is 17.5 Å². The Morgan fingerprint density at radius 2 is 1.74 bits per heavy atom. The van der Waals surface area contributed by atoms with Crippen LogP contribution in [0.15, 0.2) is 24.4 Å². The van der Waals surface area contributed by atoms with Crippen LogP contribution in [0.25, 0.3) is 0 Å². The molecule has 0 N–H and O–H groups in total. The third-order valence-corrected chi connectivity index (χ3v) is 4.45. The quantitative estimate of drug-likeness (QED) is 0.570. The molecule has 1 aliphatic rings. The van der Waals surface area contributed by atoms with Gasteiger partial charge in [-0.3, -0.25) is 0 Å². The van der Waals surface area contributed by atoms with Crippen molar-refractivity contribution in [2.45, 2.75) is 38.5 Å². The lowest BCUT2D eigenvalue weighted by atomic mass is 10.1. The van der Waals surface area contributed by atoms with Gasteiger partial charge in [-0.1, -0.05) is 6.58 Å². The molecule has 0 unspecified atom stereocenters. The van der Waals surface area contributed by atoms with Crippen molar-refractivity contribution in [3.63, 3.8) is 0 Å². The molecule has 0 saturated carbocycles. The van der Waals surface area contributed by atoms with Crippen LogP contribution in [0.5, 0.6) is 0 Å². The lowest BCUT2D eigenvalue weighted by molar-refractivity contribution is -0.147. The van der Waals surface area contributed by atoms with Gasteiger partial charge in [0.1, 0.15) is 5.82 Å². The van der Waals surface area contributed by atoms with Gasteiger partial charge in [0.2, 0.25) is 5.82 Å². The van der Waals surface area contributed by atoms with Crippen LogP contribution in [0.1, 0.15) is 30.1 Å². The molecule has 2 heterocycles. The molecule has 3 rings (SSSR count). The Morgan fingerprint density at radius 1 is 1.04 bits per heavy atom. The molecular weight excluding hydrogens is 374 g/mol. The molecule has 0 aliphatic carbocycles. The van der Waals surface area contributed by atoms with Crippen LogP contribution >= 0.6 is 0 Å². The molecule has 0 saturated heterocycles. The van der Waals surface area contributed by atoms with E-state index < -0.39 is 29.5 Å². The van der Waals surface area contributed by atoms with Gasteiger partial charge in [-0.2, -0.15) is 13.2 Å². The zero-order valence-electron chi connectivity index (χ0n) is 14.2. The Bertz CT molecular complexity index is 858. The first-order valence-corrected chi connectivity index (χ1v) is 8.22. The summed E-state index contributed by atoms with van der Waals surface area (Å²) in [6, 6.07) is 1.34. The van der Waals surface area contributed by atoms with Crippen molar-refractivity contribution in [1.29, 1.82) is 0 Å². The number of alkyl halides is 3. The fraction of sp³-hybridized carbons (Fsp3) is 0.412. The standard InChI is InChI=1S/C17H16F6N4/c1-10(3-2-4-11-7-13(19)14(20)8-12(11)18)26-5-6-27-15(9-26)24-25-16(27)17(21,22)23/h7-8H,1-6,9H2. The smallest absolute Gasteiger partial charge is 0.366 e. The second-order valence-electron chi connectivity index (χ2n) is 6.29. The fourth-order valence-electron chi connectivity index (χ4n) is 3.03. The minimum atomic E-state index is -4.56. The van der Waals surface area contributed by atoms with Crippen molar-refractivity contribution in [2.24, 2.45) is 0 Å². The number of aryl methyl sites for hydroxylation is 1. The predicted molar refractivity (Wildman–Crippen MR) is 83.8 cm³/mol. The van der Waals surface area contributed by atoms with Crippen molar-refractivity contribution >= 4 is 0 Å². The van der Waals surface area contributed by atoms with Crippen LogP contribution < -0.4 is 0 Å². The summed E-state index contributed by atoms with van der Waals surface area (Å²) in [5, 5.41) is 6.81. The van der Waals surface area contributed by atoms with Gasteiger partial charge in [0.25, 0.3) is 0 Å². The first-order chi connectivity index (χ1) is 12.7. The van der Waals surface area contributed by atoms with Crippen LogP contribution in [0.2, 0.25) is 0 Å². The van der Waals surface area contributed by atoms with Gasteiger partial charge in [0.05, 0.1) is 6.54 Å². The van der Waals surface area contributed by atoms with Crippen LogP contribution in [0.4, 0.5) is 26.3 Å². The molecule has 1 aromatic heterocycles. The lowest BCUT2D eigenvalue weighted by Gasteiger charge is -2.31. The Labute approximate surface area is 151 Å². The van der Waals surface area contributed by atoms with E-state index in [-0.39, 0.29) is 30.9 Å². The molecule has 1 aliphatic heterocycles. The maximum Gasteiger partial charge on any atom is 0.451 e. The molecule has 146 valence electrons. The molecule has 27 heavy (non-hydrogen) atoms. The highest BCUT2D eigenvalue weighted by molar-refractivity contribution is 5.20. The Morgan fingerprint density at radius 3 is 2.44 bits per heavy atom. The topological polar surface area (TPSA) is 34.0 Å². The van der Waals surface area contributed by atoms with Crippen molar-refractivity contribution in [3.8, 4) is 0 Å². The zero-order chi connectivity index (χ0) is 19.8. The van der Waals surface area contributed by atoms with Gasteiger partial charge in [0.15, 0.2) is 17.5 Å². The number of halogens is 6. The van der Waals surface area contributed by atoms with E-state index in [0.717, 1.165) is 10.6 Å². The Hall–Kier alpha value is -2.52. The van der Waals surface area contributed by atoms with Gasteiger partial charge in [-0.05, 0) is 30.9 Å². The summed E-state index contributed by atoms with van der Waals surface area (Å²) in [5.41, 5.74) is 0.718. The fourth-order valence-corrected chi connectivity index (χ4v) is 3.03. The van der Waals surface area contributed by atoms with Gasteiger partial charge in [-0.25, -0.2) is 13.2 Å². The molecule has 0 atom stereocenters. The summed E-state index contributed by atoms with van der Waals surface area (Å²) < 4.78 is 79.3. The van der Waals surface area contributed by atoms with Crippen LogP contribution in [-0.4, -0.2) is 26.2 Å². The highest BCUT2D eigenvalue weighted by atomic mass is 19.4. The SMILES string of the molecule is C=C(CCCc1cc(F)c(F)cc1F)N1CCn2c(nnc2C(F)(F)F)C1. The second kappa shape index (κ2) is 7.24. The number of hydrogen-bond donors (Lipinski definition) is 0. The maximum absolute atomic E-state index is 13.6. The van der Waals surface area contributed by atoms with Crippen molar-refractivity contribution < 1.29 is 26.3 Å². The van der Waals surface area contributed by atoms with Gasteiger partial charge >= 0.3 is 6.18 Å². The molecule has 0 fully saturated rings. The highest BCUT2D eigenvalue weighted by Gasteiger charge is 2.39. The van der Waals surface area contributed by atoms with Gasteiger partial charge in [0, 0.05) is 24.9 Å². The van der Waals surface area contributed by atoms with Gasteiger partial charge in [-0.15, -0.1) is 10.2 Å². The van der Waals surface area contributed by atoms with E-state index in [1.807, 2.05) is 0 Å². The van der Waals surface area contributed by atoms with E-state index in [4.69, 9.17) is 0 Å². The Balaban J connectivity index is 1.57. The molecule has 0 bridgehead atoms. The molecular formula is C17H16F6N4. The largest absolute Gasteiger partial charge is 0.451 e. The average molecular weight is 390 g/mol. The van der Waals surface area contributed by atoms with Crippen molar-refractivity contribution in [2.75, 3.05) is 6.54 Å². The number of allylic oxidation sites excluding steroid dienone is 1. The van der Waals surface area contributed by atoms with E-state index in [9.17, 15) is 26.3 Å². The summed E-state index contributed by atoms with van der Waals surface area (Å²) >= 11 is 0. The summed E-state index contributed by atoms with van der Waals surface area (Å²) in [4.78, 5) is 1.78. The van der Waals surface area contributed by atoms with Crippen LogP contribution in [0.3, 0.4) is 0 Å². The van der Waals surface area contributed by atoms with E-state index >= 15 is 0 Å². The predicted octanol–water partition coefficient (Wildman–Crippen LogP) is 4.07. The molecule has 0 spiro atoms. The number of hydrogen-bond acceptors (Lipinski definition) is 3. The number of nitrogens with zero attached hydrogens (tertiary/aromatic N) is 4. The average Bonchev–Trinajstić information content (AvgIpc) is 3.02. The summed E-state index contributed by atoms with van der Waals surface area (Å²) in [6.07, 6.45) is -3.51. The molecule has 1 aromatic carbocycles. The molecule has 4 nitrogen and oxygen atoms in total. The first kappa shape index (κ1) is 19.2. The molecule has 10 heteroatoms. The number of fused-ring (bicyclic) bond motifs is 1. The number of rotatable bonds is 5. The summed E-state index contributed by atoms with van der Waals surface area (Å²) in [6.45, 7) is 4.44. The van der Waals surface area contributed by atoms with Gasteiger partial charge < -0.3 is 9.47 Å². The monoisotopic (exact) mass is 390 g/mol. The minimum absolute atomic E-state index is 0.0647. The number of aromatic nitrogens is 3. The number of benzene rings is 1. The molecule has 0 amide bonds. The van der Waals surface area contributed by atoms with E-state index in [2.05, 4.69) is 16.8 Å². The van der Waals surface area contributed by atoms with E-state index in [1.165, 1.54) is 0 Å². The minimum Gasteiger partial charge on any atom is -0.366 e. The van der Waals surface area contributed by atoms with Crippen molar-refractivity contribution in [1.82, 2.24) is 19.7 Å². The Kier molecular flexibility index (Phi) is 5.16. The molecule has 2 aromatic rings. The zero-order valence-corrected chi connectivity index (χ0v) is 14.2.